The van der Waals surface area contributed by atoms with Gasteiger partial charge in [-0.15, -0.1) is 0 Å². The zero-order valence-corrected chi connectivity index (χ0v) is 9.45. The van der Waals surface area contributed by atoms with Crippen molar-refractivity contribution in [2.24, 2.45) is 0 Å². The minimum absolute atomic E-state index is 0.142. The van der Waals surface area contributed by atoms with Gasteiger partial charge in [0.2, 0.25) is 0 Å². The van der Waals surface area contributed by atoms with Gasteiger partial charge in [-0.2, -0.15) is 0 Å². The second kappa shape index (κ2) is 4.80. The molecule has 2 atom stereocenters. The highest BCUT2D eigenvalue weighted by molar-refractivity contribution is 5.33. The molecule has 2 unspecified atom stereocenters. The van der Waals surface area contributed by atoms with Crippen LogP contribution in [0.15, 0.2) is 24.3 Å². The third-order valence-corrected chi connectivity index (χ3v) is 3.46. The Morgan fingerprint density at radius 2 is 2.20 bits per heavy atom. The molecule has 15 heavy (non-hydrogen) atoms. The molecule has 0 bridgehead atoms. The van der Waals surface area contributed by atoms with Crippen LogP contribution in [0.1, 0.15) is 49.7 Å². The van der Waals surface area contributed by atoms with Crippen LogP contribution in [0.2, 0.25) is 0 Å². The molecule has 1 aliphatic rings. The maximum atomic E-state index is 10.1. The smallest absolute Gasteiger partial charge is 0.0608 e. The molecule has 0 amide bonds. The SMILES string of the molecule is CCCC(O)C1CCCc2ccccc21. The maximum Gasteiger partial charge on any atom is 0.0608 e. The van der Waals surface area contributed by atoms with E-state index in [9.17, 15) is 5.11 Å². The van der Waals surface area contributed by atoms with Crippen molar-refractivity contribution in [2.75, 3.05) is 0 Å². The third kappa shape index (κ3) is 2.23. The maximum absolute atomic E-state index is 10.1. The second-order valence-electron chi connectivity index (χ2n) is 4.55. The van der Waals surface area contributed by atoms with Gasteiger partial charge in [-0.25, -0.2) is 0 Å². The Kier molecular flexibility index (Phi) is 3.42. The fraction of sp³-hybridized carbons (Fsp3) is 0.571. The quantitative estimate of drug-likeness (QED) is 0.801. The zero-order chi connectivity index (χ0) is 10.7. The summed E-state index contributed by atoms with van der Waals surface area (Å²) in [7, 11) is 0. The fourth-order valence-corrected chi connectivity index (χ4v) is 2.69. The Morgan fingerprint density at radius 1 is 1.40 bits per heavy atom. The van der Waals surface area contributed by atoms with Crippen molar-refractivity contribution in [3.63, 3.8) is 0 Å². The average Bonchev–Trinajstić information content (AvgIpc) is 2.28. The van der Waals surface area contributed by atoms with Crippen LogP contribution in [0.25, 0.3) is 0 Å². The highest BCUT2D eigenvalue weighted by Crippen LogP contribution is 2.35. The Bertz CT molecular complexity index is 319. The lowest BCUT2D eigenvalue weighted by Crippen LogP contribution is -2.22. The highest BCUT2D eigenvalue weighted by atomic mass is 16.3. The van der Waals surface area contributed by atoms with Crippen LogP contribution < -0.4 is 0 Å². The van der Waals surface area contributed by atoms with Gasteiger partial charge < -0.3 is 5.11 Å². The summed E-state index contributed by atoms with van der Waals surface area (Å²) >= 11 is 0. The summed E-state index contributed by atoms with van der Waals surface area (Å²) in [6.07, 6.45) is 5.42. The van der Waals surface area contributed by atoms with Gasteiger partial charge in [-0.05, 0) is 36.8 Å². The molecule has 82 valence electrons. The van der Waals surface area contributed by atoms with Gasteiger partial charge in [0.1, 0.15) is 0 Å². The van der Waals surface area contributed by atoms with Crippen LogP contribution in [-0.2, 0) is 6.42 Å². The first-order valence-corrected chi connectivity index (χ1v) is 6.08. The molecule has 1 aliphatic carbocycles. The van der Waals surface area contributed by atoms with E-state index in [1.807, 2.05) is 0 Å². The van der Waals surface area contributed by atoms with Gasteiger partial charge in [-0.3, -0.25) is 0 Å². The topological polar surface area (TPSA) is 20.2 Å². The van der Waals surface area contributed by atoms with Gasteiger partial charge >= 0.3 is 0 Å². The molecule has 0 fully saturated rings. The average molecular weight is 204 g/mol. The minimum Gasteiger partial charge on any atom is -0.392 e. The van der Waals surface area contributed by atoms with Crippen LogP contribution in [-0.4, -0.2) is 11.2 Å². The summed E-state index contributed by atoms with van der Waals surface area (Å²) in [5.41, 5.74) is 2.84. The van der Waals surface area contributed by atoms with E-state index in [-0.39, 0.29) is 6.10 Å². The van der Waals surface area contributed by atoms with Gasteiger partial charge in [0, 0.05) is 5.92 Å². The lowest BCUT2D eigenvalue weighted by molar-refractivity contribution is 0.124. The van der Waals surface area contributed by atoms with E-state index in [4.69, 9.17) is 0 Å². The molecule has 1 N–H and O–H groups in total. The van der Waals surface area contributed by atoms with E-state index < -0.39 is 0 Å². The monoisotopic (exact) mass is 204 g/mol. The molecular weight excluding hydrogens is 184 g/mol. The first kappa shape index (κ1) is 10.7. The van der Waals surface area contributed by atoms with Crippen molar-refractivity contribution >= 4 is 0 Å². The summed E-state index contributed by atoms with van der Waals surface area (Å²) in [6, 6.07) is 8.60. The second-order valence-corrected chi connectivity index (χ2v) is 4.55. The molecule has 1 heteroatoms. The molecule has 0 spiro atoms. The third-order valence-electron chi connectivity index (χ3n) is 3.46. The summed E-state index contributed by atoms with van der Waals surface area (Å²) in [4.78, 5) is 0. The summed E-state index contributed by atoms with van der Waals surface area (Å²) in [5, 5.41) is 10.1. The molecule has 0 saturated carbocycles. The van der Waals surface area contributed by atoms with Gasteiger partial charge in [-0.1, -0.05) is 37.6 Å². The molecule has 1 nitrogen and oxygen atoms in total. The number of fused-ring (bicyclic) bond motifs is 1. The molecule has 0 aliphatic heterocycles. The summed E-state index contributed by atoms with van der Waals surface area (Å²) in [5.74, 6) is 0.384. The summed E-state index contributed by atoms with van der Waals surface area (Å²) in [6.45, 7) is 2.14. The van der Waals surface area contributed by atoms with Gasteiger partial charge in [0.15, 0.2) is 0 Å². The Labute approximate surface area is 92.1 Å². The molecule has 0 aromatic heterocycles. The Morgan fingerprint density at radius 3 is 3.00 bits per heavy atom. The standard InChI is InChI=1S/C14H20O/c1-2-6-14(15)13-10-5-8-11-7-3-4-9-12(11)13/h3-4,7,9,13-15H,2,5-6,8,10H2,1H3. The van der Waals surface area contributed by atoms with E-state index in [0.717, 1.165) is 19.3 Å². The number of hydrogen-bond donors (Lipinski definition) is 1. The minimum atomic E-state index is -0.142. The molecule has 1 aromatic carbocycles. The number of aryl methyl sites for hydroxylation is 1. The molecular formula is C14H20O. The Hall–Kier alpha value is -0.820. The van der Waals surface area contributed by atoms with Crippen molar-refractivity contribution in [3.05, 3.63) is 35.4 Å². The van der Waals surface area contributed by atoms with Crippen molar-refractivity contribution in [2.45, 2.75) is 51.0 Å². The molecule has 0 radical (unpaired) electrons. The van der Waals surface area contributed by atoms with E-state index in [2.05, 4.69) is 31.2 Å². The van der Waals surface area contributed by atoms with Crippen LogP contribution in [0.5, 0.6) is 0 Å². The molecule has 1 aromatic rings. The molecule has 0 heterocycles. The van der Waals surface area contributed by atoms with Crippen LogP contribution in [0, 0.1) is 0 Å². The first-order valence-electron chi connectivity index (χ1n) is 6.08. The normalized spacial score (nSPS) is 22.1. The van der Waals surface area contributed by atoms with Gasteiger partial charge in [0.25, 0.3) is 0 Å². The molecule has 2 rings (SSSR count). The summed E-state index contributed by atoms with van der Waals surface area (Å²) < 4.78 is 0. The predicted molar refractivity (Wildman–Crippen MR) is 63.0 cm³/mol. The largest absolute Gasteiger partial charge is 0.392 e. The van der Waals surface area contributed by atoms with Crippen molar-refractivity contribution in [1.82, 2.24) is 0 Å². The number of hydrogen-bond acceptors (Lipinski definition) is 1. The van der Waals surface area contributed by atoms with Crippen molar-refractivity contribution in [1.29, 1.82) is 0 Å². The lowest BCUT2D eigenvalue weighted by Gasteiger charge is -2.29. The van der Waals surface area contributed by atoms with Crippen molar-refractivity contribution in [3.8, 4) is 0 Å². The molecule has 0 saturated heterocycles. The predicted octanol–water partition coefficient (Wildman–Crippen LogP) is 3.27. The van der Waals surface area contributed by atoms with Gasteiger partial charge in [0.05, 0.1) is 6.10 Å². The van der Waals surface area contributed by atoms with Crippen molar-refractivity contribution < 1.29 is 5.11 Å². The number of aliphatic hydroxyl groups excluding tert-OH is 1. The number of rotatable bonds is 3. The first-order chi connectivity index (χ1) is 7.33. The lowest BCUT2D eigenvalue weighted by atomic mass is 9.79. The van der Waals surface area contributed by atoms with Crippen LogP contribution in [0.4, 0.5) is 0 Å². The van der Waals surface area contributed by atoms with E-state index >= 15 is 0 Å². The number of benzene rings is 1. The van der Waals surface area contributed by atoms with E-state index in [1.165, 1.54) is 24.0 Å². The number of aliphatic hydroxyl groups is 1. The van der Waals surface area contributed by atoms with E-state index in [1.54, 1.807) is 0 Å². The van der Waals surface area contributed by atoms with Crippen LogP contribution >= 0.6 is 0 Å². The Balaban J connectivity index is 2.21. The van der Waals surface area contributed by atoms with Crippen LogP contribution in [0.3, 0.4) is 0 Å². The zero-order valence-electron chi connectivity index (χ0n) is 9.45. The van der Waals surface area contributed by atoms with E-state index in [0.29, 0.717) is 5.92 Å². The fourth-order valence-electron chi connectivity index (χ4n) is 2.69. The highest BCUT2D eigenvalue weighted by Gasteiger charge is 2.25.